The molecule has 3 amide bonds. The maximum absolute atomic E-state index is 12.2. The molecule has 2 rings (SSSR count). The molecule has 2 heterocycles. The van der Waals surface area contributed by atoms with Gasteiger partial charge in [0.25, 0.3) is 5.91 Å². The van der Waals surface area contributed by atoms with Crippen molar-refractivity contribution in [2.24, 2.45) is 10.9 Å². The minimum Gasteiger partial charge on any atom is -0.396 e. The molecule has 0 bridgehead atoms. The molecule has 2 N–H and O–H groups in total. The predicted octanol–water partition coefficient (Wildman–Crippen LogP) is 0.306. The Hall–Kier alpha value is -1.28. The van der Waals surface area contributed by atoms with Crippen LogP contribution in [0.1, 0.15) is 20.3 Å². The van der Waals surface area contributed by atoms with Gasteiger partial charge in [-0.05, 0) is 12.3 Å². The van der Waals surface area contributed by atoms with Gasteiger partial charge in [-0.3, -0.25) is 10.1 Å². The fourth-order valence-corrected chi connectivity index (χ4v) is 3.22. The molecule has 0 aromatic rings. The second-order valence-corrected chi connectivity index (χ2v) is 6.69. The molecule has 0 aromatic carbocycles. The number of aliphatic hydroxyl groups is 1. The van der Waals surface area contributed by atoms with E-state index in [4.69, 9.17) is 5.11 Å². The van der Waals surface area contributed by atoms with E-state index in [0.29, 0.717) is 18.2 Å². The standard InChI is InChI=1S/C13H22N4O3S/c1-8(2)4-5-17-9-10(14-13(17)21-7-6-18)16(3)12(20)15-11(9)19/h8-10,18H,4-7H2,1-3H3,(H,15,19,20). The number of amides is 3. The fourth-order valence-electron chi connectivity index (χ4n) is 2.39. The zero-order valence-corrected chi connectivity index (χ0v) is 13.4. The number of likely N-dealkylation sites (N-methyl/N-ethyl adjacent to an activating group) is 1. The maximum atomic E-state index is 12.2. The average molecular weight is 314 g/mol. The third-order valence-electron chi connectivity index (χ3n) is 3.59. The van der Waals surface area contributed by atoms with Crippen LogP contribution in [-0.4, -0.2) is 70.2 Å². The first-order valence-corrected chi connectivity index (χ1v) is 8.10. The Labute approximate surface area is 128 Å². The highest BCUT2D eigenvalue weighted by atomic mass is 32.2. The first-order chi connectivity index (χ1) is 9.95. The topological polar surface area (TPSA) is 85.2 Å². The van der Waals surface area contributed by atoms with Crippen LogP contribution in [0.3, 0.4) is 0 Å². The van der Waals surface area contributed by atoms with Crippen molar-refractivity contribution in [1.82, 2.24) is 15.1 Å². The number of amidine groups is 1. The van der Waals surface area contributed by atoms with Gasteiger partial charge in [-0.25, -0.2) is 9.79 Å². The van der Waals surface area contributed by atoms with Crippen LogP contribution in [0.5, 0.6) is 0 Å². The molecule has 0 radical (unpaired) electrons. The van der Waals surface area contributed by atoms with Gasteiger partial charge >= 0.3 is 6.03 Å². The van der Waals surface area contributed by atoms with E-state index >= 15 is 0 Å². The summed E-state index contributed by atoms with van der Waals surface area (Å²) in [5.41, 5.74) is 0. The first kappa shape index (κ1) is 16.1. The normalized spacial score (nSPS) is 25.3. The summed E-state index contributed by atoms with van der Waals surface area (Å²) < 4.78 is 0. The van der Waals surface area contributed by atoms with Crippen LogP contribution in [0.2, 0.25) is 0 Å². The second-order valence-electron chi connectivity index (χ2n) is 5.62. The molecule has 2 aliphatic rings. The summed E-state index contributed by atoms with van der Waals surface area (Å²) in [6.45, 7) is 5.02. The lowest BCUT2D eigenvalue weighted by molar-refractivity contribution is -0.127. The van der Waals surface area contributed by atoms with Gasteiger partial charge in [-0.1, -0.05) is 25.6 Å². The van der Waals surface area contributed by atoms with Crippen LogP contribution in [0, 0.1) is 5.92 Å². The molecule has 1 saturated heterocycles. The maximum Gasteiger partial charge on any atom is 0.325 e. The van der Waals surface area contributed by atoms with Gasteiger partial charge in [-0.2, -0.15) is 0 Å². The number of hydrogen-bond acceptors (Lipinski definition) is 6. The molecule has 0 spiro atoms. The van der Waals surface area contributed by atoms with Gasteiger partial charge in [0.05, 0.1) is 6.61 Å². The molecule has 0 saturated carbocycles. The van der Waals surface area contributed by atoms with E-state index in [9.17, 15) is 9.59 Å². The summed E-state index contributed by atoms with van der Waals surface area (Å²) in [6, 6.07) is -0.880. The van der Waals surface area contributed by atoms with Crippen LogP contribution in [-0.2, 0) is 4.79 Å². The van der Waals surface area contributed by atoms with Gasteiger partial charge < -0.3 is 14.9 Å². The molecule has 8 heteroatoms. The van der Waals surface area contributed by atoms with E-state index in [0.717, 1.165) is 11.6 Å². The third kappa shape index (κ3) is 3.32. The molecule has 118 valence electrons. The Morgan fingerprint density at radius 2 is 2.14 bits per heavy atom. The summed E-state index contributed by atoms with van der Waals surface area (Å²) in [6.07, 6.45) is 0.465. The minimum absolute atomic E-state index is 0.0536. The zero-order chi connectivity index (χ0) is 15.6. The largest absolute Gasteiger partial charge is 0.396 e. The lowest BCUT2D eigenvalue weighted by Gasteiger charge is -2.36. The minimum atomic E-state index is -0.473. The van der Waals surface area contributed by atoms with E-state index < -0.39 is 18.2 Å². The molecule has 2 atom stereocenters. The molecule has 7 nitrogen and oxygen atoms in total. The number of urea groups is 1. The van der Waals surface area contributed by atoms with Gasteiger partial charge in [0.2, 0.25) is 0 Å². The molecule has 0 aliphatic carbocycles. The molecule has 2 aliphatic heterocycles. The van der Waals surface area contributed by atoms with Gasteiger partial charge in [0.15, 0.2) is 17.4 Å². The summed E-state index contributed by atoms with van der Waals surface area (Å²) in [5.74, 6) is 0.741. The summed E-state index contributed by atoms with van der Waals surface area (Å²) >= 11 is 1.42. The zero-order valence-electron chi connectivity index (χ0n) is 12.6. The van der Waals surface area contributed by atoms with Gasteiger partial charge in [0.1, 0.15) is 0 Å². The Balaban J connectivity index is 2.20. The lowest BCUT2D eigenvalue weighted by Crippen LogP contribution is -2.63. The number of rotatable bonds is 5. The number of nitrogens with one attached hydrogen (secondary N) is 1. The van der Waals surface area contributed by atoms with E-state index in [1.807, 2.05) is 4.90 Å². The molecule has 2 unspecified atom stereocenters. The second kappa shape index (κ2) is 6.65. The number of thioether (sulfide) groups is 1. The lowest BCUT2D eigenvalue weighted by atomic mass is 10.1. The smallest absolute Gasteiger partial charge is 0.325 e. The number of aliphatic hydroxyl groups excluding tert-OH is 1. The molecular formula is C13H22N4O3S. The quantitative estimate of drug-likeness (QED) is 0.763. The van der Waals surface area contributed by atoms with Gasteiger partial charge in [-0.15, -0.1) is 0 Å². The highest BCUT2D eigenvalue weighted by Crippen LogP contribution is 2.28. The van der Waals surface area contributed by atoms with Crippen molar-refractivity contribution < 1.29 is 14.7 Å². The number of carbonyl (C=O) groups is 2. The predicted molar refractivity (Wildman–Crippen MR) is 82.0 cm³/mol. The number of fused-ring (bicyclic) bond motifs is 1. The van der Waals surface area contributed by atoms with Crippen molar-refractivity contribution >= 4 is 28.9 Å². The first-order valence-electron chi connectivity index (χ1n) is 7.11. The van der Waals surface area contributed by atoms with E-state index in [1.165, 1.54) is 16.7 Å². The summed E-state index contributed by atoms with van der Waals surface area (Å²) in [5, 5.41) is 12.1. The van der Waals surface area contributed by atoms with E-state index in [1.54, 1.807) is 7.05 Å². The Bertz CT molecular complexity index is 455. The van der Waals surface area contributed by atoms with E-state index in [2.05, 4.69) is 24.2 Å². The Kier molecular flexibility index (Phi) is 5.10. The van der Waals surface area contributed by atoms with Crippen LogP contribution >= 0.6 is 11.8 Å². The molecular weight excluding hydrogens is 292 g/mol. The fraction of sp³-hybridized carbons (Fsp3) is 0.769. The van der Waals surface area contributed by atoms with Crippen molar-refractivity contribution in [3.8, 4) is 0 Å². The number of nitrogens with zero attached hydrogens (tertiary/aromatic N) is 3. The highest BCUT2D eigenvalue weighted by molar-refractivity contribution is 8.13. The summed E-state index contributed by atoms with van der Waals surface area (Å²) in [7, 11) is 1.64. The molecule has 0 aromatic heterocycles. The number of aliphatic imine (C=N–C) groups is 1. The number of carbonyl (C=O) groups excluding carboxylic acids is 2. The van der Waals surface area contributed by atoms with Crippen LogP contribution in [0.15, 0.2) is 4.99 Å². The van der Waals surface area contributed by atoms with Crippen molar-refractivity contribution in [3.05, 3.63) is 0 Å². The number of hydrogen-bond donors (Lipinski definition) is 2. The van der Waals surface area contributed by atoms with Crippen LogP contribution in [0.4, 0.5) is 4.79 Å². The average Bonchev–Trinajstić information content (AvgIpc) is 2.79. The molecule has 21 heavy (non-hydrogen) atoms. The molecule has 1 fully saturated rings. The van der Waals surface area contributed by atoms with Gasteiger partial charge in [0, 0.05) is 19.3 Å². The van der Waals surface area contributed by atoms with Crippen molar-refractivity contribution in [2.75, 3.05) is 26.0 Å². The van der Waals surface area contributed by atoms with Crippen molar-refractivity contribution in [2.45, 2.75) is 32.5 Å². The van der Waals surface area contributed by atoms with Crippen LogP contribution < -0.4 is 5.32 Å². The van der Waals surface area contributed by atoms with Crippen LogP contribution in [0.25, 0.3) is 0 Å². The Morgan fingerprint density at radius 3 is 2.76 bits per heavy atom. The summed E-state index contributed by atoms with van der Waals surface area (Å²) in [4.78, 5) is 31.8. The Morgan fingerprint density at radius 1 is 1.43 bits per heavy atom. The van der Waals surface area contributed by atoms with Crippen molar-refractivity contribution in [1.29, 1.82) is 0 Å². The SMILES string of the molecule is CC(C)CCN1C(SCCO)=NC2C1C(=O)NC(=O)N2C. The van der Waals surface area contributed by atoms with E-state index in [-0.39, 0.29) is 12.5 Å². The highest BCUT2D eigenvalue weighted by Gasteiger charge is 2.48. The monoisotopic (exact) mass is 314 g/mol. The third-order valence-corrected chi connectivity index (χ3v) is 4.58. The van der Waals surface area contributed by atoms with Crippen molar-refractivity contribution in [3.63, 3.8) is 0 Å². The number of imide groups is 1.